The molecule has 2 fully saturated rings. The van der Waals surface area contributed by atoms with Crippen LogP contribution in [-0.4, -0.2) is 70.9 Å². The highest BCUT2D eigenvalue weighted by Gasteiger charge is 2.48. The highest BCUT2D eigenvalue weighted by atomic mass is 16.6. The van der Waals surface area contributed by atoms with E-state index in [-0.39, 0.29) is 0 Å². The summed E-state index contributed by atoms with van der Waals surface area (Å²) in [5, 5.41) is 29.7. The summed E-state index contributed by atoms with van der Waals surface area (Å²) in [6.45, 7) is -0.405. The molecule has 0 aromatic carbocycles. The maximum absolute atomic E-state index is 11.4. The Morgan fingerprint density at radius 2 is 2.06 bits per heavy atom. The number of alkyl carbamates (subject to hydrolysis) is 1. The third-order valence-electron chi connectivity index (χ3n) is 2.53. The summed E-state index contributed by atoms with van der Waals surface area (Å²) in [6, 6.07) is -1.92. The van der Waals surface area contributed by atoms with Gasteiger partial charge in [-0.15, -0.1) is 0 Å². The molecule has 0 bridgehead atoms. The molecule has 4 N–H and O–H groups in total. The molecule has 2 aliphatic heterocycles. The van der Waals surface area contributed by atoms with E-state index in [0.717, 1.165) is 4.90 Å². The number of imide groups is 1. The molecule has 0 spiro atoms. The Hall–Kier alpha value is -1.36. The first-order valence-corrected chi connectivity index (χ1v) is 4.78. The number of ether oxygens (including phenoxy) is 2. The molecule has 0 aromatic rings. The van der Waals surface area contributed by atoms with Gasteiger partial charge in [0.15, 0.2) is 13.0 Å². The average molecular weight is 245 g/mol. The Kier molecular flexibility index (Phi) is 3.20. The fraction of sp³-hybridized carbons (Fsp3) is 0.714. The predicted molar refractivity (Wildman–Crippen MR) is 50.4 cm³/mol. The lowest BCUT2D eigenvalue weighted by atomic mass is 9.87. The summed E-state index contributed by atoms with van der Waals surface area (Å²) in [5.41, 5.74) is 0. The Labute approximate surface area is 96.2 Å². The van der Waals surface area contributed by atoms with Crippen LogP contribution >= 0.6 is 0 Å². The number of carbonyl (C=O) groups is 2. The molecule has 2 aliphatic rings. The summed E-state index contributed by atoms with van der Waals surface area (Å²) in [7, 11) is 0.571. The molecule has 2 heterocycles. The lowest BCUT2D eigenvalue weighted by Crippen LogP contribution is -2.57. The highest BCUT2D eigenvalue weighted by molar-refractivity contribution is 6.27. The second kappa shape index (κ2) is 4.49. The minimum atomic E-state index is -1.41. The van der Waals surface area contributed by atoms with Crippen LogP contribution in [0.4, 0.5) is 9.59 Å². The van der Waals surface area contributed by atoms with Crippen LogP contribution in [-0.2, 0) is 9.47 Å². The van der Waals surface area contributed by atoms with E-state index in [1.165, 1.54) is 0 Å². The maximum Gasteiger partial charge on any atom is 0.417 e. The van der Waals surface area contributed by atoms with E-state index in [2.05, 4.69) is 4.74 Å². The molecule has 2 saturated heterocycles. The van der Waals surface area contributed by atoms with Gasteiger partial charge in [0.2, 0.25) is 0 Å². The van der Waals surface area contributed by atoms with E-state index in [0.29, 0.717) is 7.48 Å². The molecule has 9 nitrogen and oxygen atoms in total. The molecule has 0 aliphatic carbocycles. The van der Waals surface area contributed by atoms with Gasteiger partial charge in [0, 0.05) is 0 Å². The van der Waals surface area contributed by atoms with Crippen molar-refractivity contribution in [2.45, 2.75) is 24.4 Å². The van der Waals surface area contributed by atoms with E-state index in [1.807, 2.05) is 5.32 Å². The van der Waals surface area contributed by atoms with E-state index in [4.69, 9.17) is 9.76 Å². The zero-order chi connectivity index (χ0) is 12.6. The van der Waals surface area contributed by atoms with Crippen LogP contribution in [0, 0.1) is 0 Å². The van der Waals surface area contributed by atoms with Gasteiger partial charge in [-0.1, -0.05) is 0 Å². The van der Waals surface area contributed by atoms with Crippen LogP contribution in [0.5, 0.6) is 0 Å². The van der Waals surface area contributed by atoms with Crippen LogP contribution in [0.25, 0.3) is 0 Å². The minimum absolute atomic E-state index is 0.405. The first-order chi connectivity index (χ1) is 8.04. The fourth-order valence-corrected chi connectivity index (χ4v) is 1.64. The molecule has 3 amide bonds. The Morgan fingerprint density at radius 3 is 2.59 bits per heavy atom. The van der Waals surface area contributed by atoms with Gasteiger partial charge < -0.3 is 24.7 Å². The van der Waals surface area contributed by atoms with Crippen molar-refractivity contribution in [2.24, 2.45) is 0 Å². The highest BCUT2D eigenvalue weighted by Crippen LogP contribution is 2.24. The first-order valence-electron chi connectivity index (χ1n) is 4.78. The third-order valence-corrected chi connectivity index (χ3v) is 2.53. The van der Waals surface area contributed by atoms with Crippen molar-refractivity contribution in [1.82, 2.24) is 10.2 Å². The van der Waals surface area contributed by atoms with Crippen LogP contribution in [0.2, 0.25) is 0 Å². The number of amides is 3. The van der Waals surface area contributed by atoms with Gasteiger partial charge in [-0.05, 0) is 0 Å². The Morgan fingerprint density at radius 1 is 1.35 bits per heavy atom. The smallest absolute Gasteiger partial charge is 0.417 e. The Bertz CT molecular complexity index is 340. The molecule has 0 aromatic heterocycles. The monoisotopic (exact) mass is 245 g/mol. The van der Waals surface area contributed by atoms with Crippen molar-refractivity contribution < 1.29 is 34.3 Å². The zero-order valence-electron chi connectivity index (χ0n) is 8.52. The van der Waals surface area contributed by atoms with Crippen LogP contribution in [0.15, 0.2) is 0 Å². The Balaban J connectivity index is 2.08. The number of nitrogens with zero attached hydrogens (tertiary/aromatic N) is 1. The minimum Gasteiger partial charge on any atom is -0.452 e. The quantitative estimate of drug-likeness (QED) is 0.384. The topological polar surface area (TPSA) is 129 Å². The molecule has 0 unspecified atom stereocenters. The van der Waals surface area contributed by atoms with Crippen molar-refractivity contribution in [3.8, 4) is 0 Å². The van der Waals surface area contributed by atoms with Crippen molar-refractivity contribution in [3.63, 3.8) is 0 Å². The average Bonchev–Trinajstić information content (AvgIpc) is 2.57. The molecule has 4 atom stereocenters. The molecule has 2 rings (SSSR count). The number of hydrogen-bond donors (Lipinski definition) is 4. The summed E-state index contributed by atoms with van der Waals surface area (Å²) in [6.07, 6.45) is -4.88. The summed E-state index contributed by atoms with van der Waals surface area (Å²) in [4.78, 5) is 23.0. The van der Waals surface area contributed by atoms with E-state index < -0.39 is 43.3 Å². The number of rotatable bonds is 2. The van der Waals surface area contributed by atoms with E-state index in [9.17, 15) is 19.8 Å². The lowest BCUT2D eigenvalue weighted by Gasteiger charge is -2.32. The van der Waals surface area contributed by atoms with Gasteiger partial charge in [-0.2, -0.15) is 0 Å². The van der Waals surface area contributed by atoms with Crippen LogP contribution in [0.3, 0.4) is 0 Å². The fourth-order valence-electron chi connectivity index (χ4n) is 1.64. The van der Waals surface area contributed by atoms with Gasteiger partial charge in [0.1, 0.15) is 12.2 Å². The van der Waals surface area contributed by atoms with Crippen molar-refractivity contribution in [1.29, 1.82) is 0 Å². The number of urea groups is 1. The number of hydrogen-bond acceptors (Lipinski definition) is 7. The lowest BCUT2D eigenvalue weighted by molar-refractivity contribution is -0.0915. The van der Waals surface area contributed by atoms with Gasteiger partial charge >= 0.3 is 19.6 Å². The summed E-state index contributed by atoms with van der Waals surface area (Å²) in [5.74, 6) is 0. The first kappa shape index (κ1) is 12.1. The number of aliphatic hydroxyl groups excluding tert-OH is 2. The third kappa shape index (κ3) is 2.07. The second-order valence-electron chi connectivity index (χ2n) is 3.58. The summed E-state index contributed by atoms with van der Waals surface area (Å²) < 4.78 is 9.58. The number of carbonyl (C=O) groups excluding carboxylic acids is 2. The summed E-state index contributed by atoms with van der Waals surface area (Å²) >= 11 is 0. The van der Waals surface area contributed by atoms with Crippen LogP contribution in [0.1, 0.15) is 0 Å². The number of cyclic esters (lactones) is 1. The molecule has 17 heavy (non-hydrogen) atoms. The van der Waals surface area contributed by atoms with E-state index >= 15 is 0 Å². The molecule has 93 valence electrons. The molecular weight excluding hydrogens is 235 g/mol. The van der Waals surface area contributed by atoms with Gasteiger partial charge in [0.25, 0.3) is 0 Å². The molecular formula is C7H10BN2O7. The zero-order valence-corrected chi connectivity index (χ0v) is 8.52. The van der Waals surface area contributed by atoms with Crippen molar-refractivity contribution in [3.05, 3.63) is 0 Å². The number of nitrogens with one attached hydrogen (secondary N) is 1. The largest absolute Gasteiger partial charge is 0.452 e. The maximum atomic E-state index is 11.4. The van der Waals surface area contributed by atoms with Crippen molar-refractivity contribution >= 4 is 19.6 Å². The van der Waals surface area contributed by atoms with Gasteiger partial charge in [0.05, 0.1) is 6.00 Å². The second-order valence-corrected chi connectivity index (χ2v) is 3.58. The molecule has 1 radical (unpaired) electrons. The normalized spacial score (nSPS) is 37.7. The number of aliphatic hydroxyl groups is 2. The van der Waals surface area contributed by atoms with Gasteiger partial charge in [-0.25, -0.2) is 14.9 Å². The van der Waals surface area contributed by atoms with E-state index in [1.54, 1.807) is 0 Å². The van der Waals surface area contributed by atoms with Crippen LogP contribution < -0.4 is 5.32 Å². The van der Waals surface area contributed by atoms with Gasteiger partial charge in [-0.3, -0.25) is 4.90 Å². The standard InChI is InChI=1S/C7H10BN2O7/c11-2-3(12)5(17-4(2)8-15)10-1-16-7(14)9-6(10)13/h2-5,11-12,15H,1H2,(H,9,13,14)/t2-,3+,4-,5+/m0/s1. The molecule has 0 saturated carbocycles. The van der Waals surface area contributed by atoms with Crippen molar-refractivity contribution in [2.75, 3.05) is 6.73 Å². The SMILES string of the molecule is O=C1NC(=O)N([C@@H]2O[C@H]([B]O)[C@@H](O)[C@H]2O)CO1. The molecule has 10 heteroatoms. The predicted octanol–water partition coefficient (Wildman–Crippen LogP) is -2.88.